The number of carbonyl (C=O) groups excluding carboxylic acids is 1. The van der Waals surface area contributed by atoms with Gasteiger partial charge in [-0.25, -0.2) is 0 Å². The number of aldehydes is 1. The minimum Gasteiger partial charge on any atom is -0.493 e. The van der Waals surface area contributed by atoms with Crippen molar-refractivity contribution in [1.29, 1.82) is 0 Å². The Morgan fingerprint density at radius 2 is 1.93 bits per heavy atom. The lowest BCUT2D eigenvalue weighted by atomic mass is 10.2. The Morgan fingerprint density at radius 3 is 2.40 bits per heavy atom. The van der Waals surface area contributed by atoms with Crippen molar-refractivity contribution in [2.45, 2.75) is 20.8 Å². The normalized spacial score (nSPS) is 8.53. The smallest absolute Gasteiger partial charge is 0.161 e. The van der Waals surface area contributed by atoms with Gasteiger partial charge in [-0.15, -0.1) is 0 Å². The summed E-state index contributed by atoms with van der Waals surface area (Å²) in [6.07, 6.45) is 0.780. The average Bonchev–Trinajstić information content (AvgIpc) is 2.32. The Morgan fingerprint density at radius 1 is 1.27 bits per heavy atom. The molecule has 0 aromatic heterocycles. The lowest BCUT2D eigenvalue weighted by Gasteiger charge is -2.08. The molecule has 1 aromatic carbocycles. The van der Waals surface area contributed by atoms with Crippen LogP contribution in [0.3, 0.4) is 0 Å². The first-order chi connectivity index (χ1) is 7.31. The van der Waals surface area contributed by atoms with Crippen molar-refractivity contribution < 1.29 is 14.3 Å². The molecule has 0 saturated carbocycles. The molecular weight excluding hydrogens is 192 g/mol. The van der Waals surface area contributed by atoms with Crippen molar-refractivity contribution in [3.8, 4) is 11.5 Å². The highest BCUT2D eigenvalue weighted by Crippen LogP contribution is 2.27. The van der Waals surface area contributed by atoms with Crippen LogP contribution in [-0.4, -0.2) is 20.0 Å². The Bertz CT molecular complexity index is 295. The molecule has 0 spiro atoms. The van der Waals surface area contributed by atoms with E-state index in [-0.39, 0.29) is 0 Å². The standard InChI is InChI=1S/C10H12O3.C2H6/c1-3-13-10-6-8(7-11)4-5-9(10)12-2;1-2/h4-7H,3H2,1-2H3;1-2H3. The maximum Gasteiger partial charge on any atom is 0.161 e. The third-order valence-corrected chi connectivity index (χ3v) is 1.62. The van der Waals surface area contributed by atoms with Crippen molar-refractivity contribution in [2.75, 3.05) is 13.7 Å². The molecule has 1 aromatic rings. The van der Waals surface area contributed by atoms with Gasteiger partial charge in [0.1, 0.15) is 6.29 Å². The third kappa shape index (κ3) is 4.02. The number of rotatable bonds is 4. The highest BCUT2D eigenvalue weighted by Gasteiger charge is 2.03. The molecule has 84 valence electrons. The first kappa shape index (κ1) is 13.5. The van der Waals surface area contributed by atoms with Gasteiger partial charge in [0.2, 0.25) is 0 Å². The summed E-state index contributed by atoms with van der Waals surface area (Å²) in [7, 11) is 1.57. The summed E-state index contributed by atoms with van der Waals surface area (Å²) < 4.78 is 10.3. The Balaban J connectivity index is 0.000000921. The van der Waals surface area contributed by atoms with Crippen LogP contribution in [0.25, 0.3) is 0 Å². The minimum atomic E-state index is 0.554. The van der Waals surface area contributed by atoms with Crippen LogP contribution >= 0.6 is 0 Å². The lowest BCUT2D eigenvalue weighted by Crippen LogP contribution is -1.96. The molecule has 0 bridgehead atoms. The van der Waals surface area contributed by atoms with Gasteiger partial charge in [0.05, 0.1) is 13.7 Å². The second-order valence-corrected chi connectivity index (χ2v) is 2.46. The second-order valence-electron chi connectivity index (χ2n) is 2.46. The van der Waals surface area contributed by atoms with E-state index >= 15 is 0 Å². The quantitative estimate of drug-likeness (QED) is 0.717. The summed E-state index contributed by atoms with van der Waals surface area (Å²) in [6, 6.07) is 5.07. The molecule has 0 amide bonds. The summed E-state index contributed by atoms with van der Waals surface area (Å²) in [5.41, 5.74) is 0.587. The van der Waals surface area contributed by atoms with Crippen molar-refractivity contribution in [2.24, 2.45) is 0 Å². The van der Waals surface area contributed by atoms with Gasteiger partial charge in [-0.05, 0) is 25.1 Å². The van der Waals surface area contributed by atoms with Crippen LogP contribution in [-0.2, 0) is 0 Å². The number of hydrogen-bond acceptors (Lipinski definition) is 3. The van der Waals surface area contributed by atoms with Gasteiger partial charge in [-0.1, -0.05) is 13.8 Å². The van der Waals surface area contributed by atoms with E-state index in [9.17, 15) is 4.79 Å². The largest absolute Gasteiger partial charge is 0.493 e. The van der Waals surface area contributed by atoms with Gasteiger partial charge in [0.25, 0.3) is 0 Å². The number of methoxy groups -OCH3 is 1. The summed E-state index contributed by atoms with van der Waals surface area (Å²) in [5, 5.41) is 0. The maximum absolute atomic E-state index is 10.5. The van der Waals surface area contributed by atoms with E-state index in [2.05, 4.69) is 0 Å². The molecule has 0 radical (unpaired) electrons. The maximum atomic E-state index is 10.5. The molecule has 0 fully saturated rings. The zero-order chi connectivity index (χ0) is 11.7. The number of carbonyl (C=O) groups is 1. The minimum absolute atomic E-state index is 0.554. The third-order valence-electron chi connectivity index (χ3n) is 1.62. The summed E-state index contributed by atoms with van der Waals surface area (Å²) >= 11 is 0. The van der Waals surface area contributed by atoms with Crippen LogP contribution in [0.2, 0.25) is 0 Å². The van der Waals surface area contributed by atoms with Gasteiger partial charge in [-0.3, -0.25) is 4.79 Å². The van der Waals surface area contributed by atoms with Crippen molar-refractivity contribution in [3.63, 3.8) is 0 Å². The van der Waals surface area contributed by atoms with E-state index in [1.165, 1.54) is 0 Å². The van der Waals surface area contributed by atoms with Crippen molar-refractivity contribution in [3.05, 3.63) is 23.8 Å². The molecule has 0 heterocycles. The van der Waals surface area contributed by atoms with Gasteiger partial charge in [0.15, 0.2) is 11.5 Å². The van der Waals surface area contributed by atoms with Crippen LogP contribution in [0.4, 0.5) is 0 Å². The molecule has 0 aliphatic heterocycles. The van der Waals surface area contributed by atoms with E-state index in [4.69, 9.17) is 9.47 Å². The summed E-state index contributed by atoms with van der Waals surface area (Å²) in [6.45, 7) is 6.44. The highest BCUT2D eigenvalue weighted by molar-refractivity contribution is 5.76. The molecular formula is C12H18O3. The van der Waals surface area contributed by atoms with Crippen molar-refractivity contribution in [1.82, 2.24) is 0 Å². The zero-order valence-electron chi connectivity index (χ0n) is 9.74. The molecule has 1 rings (SSSR count). The predicted octanol–water partition coefficient (Wildman–Crippen LogP) is 2.93. The molecule has 3 nitrogen and oxygen atoms in total. The monoisotopic (exact) mass is 210 g/mol. The molecule has 0 aliphatic rings. The van der Waals surface area contributed by atoms with Gasteiger partial charge >= 0.3 is 0 Å². The van der Waals surface area contributed by atoms with Gasteiger partial charge in [-0.2, -0.15) is 0 Å². The first-order valence-corrected chi connectivity index (χ1v) is 5.07. The van der Waals surface area contributed by atoms with Crippen LogP contribution in [0, 0.1) is 0 Å². The summed E-state index contributed by atoms with van der Waals surface area (Å²) in [4.78, 5) is 10.5. The number of ether oxygens (including phenoxy) is 2. The van der Waals surface area contributed by atoms with Crippen molar-refractivity contribution >= 4 is 6.29 Å². The fourth-order valence-corrected chi connectivity index (χ4v) is 1.03. The van der Waals surface area contributed by atoms with E-state index in [0.29, 0.717) is 23.7 Å². The van der Waals surface area contributed by atoms with E-state index in [1.807, 2.05) is 20.8 Å². The predicted molar refractivity (Wildman–Crippen MR) is 60.9 cm³/mol. The van der Waals surface area contributed by atoms with Crippen LogP contribution in [0.15, 0.2) is 18.2 Å². The van der Waals surface area contributed by atoms with Gasteiger partial charge in [0, 0.05) is 5.56 Å². The Labute approximate surface area is 91.0 Å². The molecule has 0 N–H and O–H groups in total. The molecule has 0 atom stereocenters. The molecule has 0 saturated heterocycles. The topological polar surface area (TPSA) is 35.5 Å². The Kier molecular flexibility index (Phi) is 7.06. The van der Waals surface area contributed by atoms with Gasteiger partial charge < -0.3 is 9.47 Å². The van der Waals surface area contributed by atoms with E-state index < -0.39 is 0 Å². The fraction of sp³-hybridized carbons (Fsp3) is 0.417. The molecule has 0 aliphatic carbocycles. The van der Waals surface area contributed by atoms with Crippen LogP contribution < -0.4 is 9.47 Å². The number of benzene rings is 1. The average molecular weight is 210 g/mol. The van der Waals surface area contributed by atoms with E-state index in [1.54, 1.807) is 25.3 Å². The van der Waals surface area contributed by atoms with Crippen LogP contribution in [0.5, 0.6) is 11.5 Å². The molecule has 0 unspecified atom stereocenters. The van der Waals surface area contributed by atoms with Crippen LogP contribution in [0.1, 0.15) is 31.1 Å². The zero-order valence-corrected chi connectivity index (χ0v) is 9.74. The summed E-state index contributed by atoms with van der Waals surface area (Å²) in [5.74, 6) is 1.25. The second kappa shape index (κ2) is 7.85. The number of hydrogen-bond donors (Lipinski definition) is 0. The Hall–Kier alpha value is -1.51. The fourth-order valence-electron chi connectivity index (χ4n) is 1.03. The molecule has 3 heteroatoms. The first-order valence-electron chi connectivity index (χ1n) is 5.07. The van der Waals surface area contributed by atoms with E-state index in [0.717, 1.165) is 6.29 Å². The molecule has 15 heavy (non-hydrogen) atoms. The highest BCUT2D eigenvalue weighted by atomic mass is 16.5. The SMILES string of the molecule is CC.CCOc1cc(C=O)ccc1OC. The lowest BCUT2D eigenvalue weighted by molar-refractivity contribution is 0.112.